The molecule has 0 saturated carbocycles. The van der Waals surface area contributed by atoms with E-state index in [1.54, 1.807) is 24.1 Å². The number of aryl methyl sites for hydroxylation is 1. The van der Waals surface area contributed by atoms with Crippen LogP contribution in [0.1, 0.15) is 6.92 Å². The molecule has 5 heteroatoms. The van der Waals surface area contributed by atoms with Crippen LogP contribution in [0.25, 0.3) is 0 Å². The maximum atomic E-state index is 11.6. The summed E-state index contributed by atoms with van der Waals surface area (Å²) in [6, 6.07) is 0. The maximum Gasteiger partial charge on any atom is 0.293 e. The Balaban J connectivity index is 2.72. The van der Waals surface area contributed by atoms with E-state index < -0.39 is 0 Å². The van der Waals surface area contributed by atoms with Crippen LogP contribution in [0.2, 0.25) is 0 Å². The maximum absolute atomic E-state index is 11.6. The van der Waals surface area contributed by atoms with Crippen molar-refractivity contribution in [2.45, 2.75) is 13.5 Å². The van der Waals surface area contributed by atoms with Crippen LogP contribution in [-0.4, -0.2) is 29.8 Å². The molecule has 0 aliphatic carbocycles. The number of ether oxygens (including phenoxy) is 1. The Bertz CT molecular complexity index is 335. The number of rotatable bonds is 5. The van der Waals surface area contributed by atoms with Crippen LogP contribution in [-0.2, 0) is 11.3 Å². The fourth-order valence-corrected chi connectivity index (χ4v) is 1.09. The highest BCUT2D eigenvalue weighted by atomic mass is 16.5. The Morgan fingerprint density at radius 1 is 1.64 bits per heavy atom. The second kappa shape index (κ2) is 5.39. The molecule has 1 rings (SSSR count). The van der Waals surface area contributed by atoms with Gasteiger partial charge in [-0.25, -0.2) is 4.98 Å². The Morgan fingerprint density at radius 2 is 2.43 bits per heavy atom. The molecule has 0 unspecified atom stereocenters. The van der Waals surface area contributed by atoms with Crippen LogP contribution >= 0.6 is 0 Å². The minimum Gasteiger partial charge on any atom is -0.383 e. The average molecular weight is 197 g/mol. The fraction of sp³-hybridized carbons (Fsp3) is 0.556. The van der Waals surface area contributed by atoms with Gasteiger partial charge in [-0.15, -0.1) is 0 Å². The number of nitrogens with zero attached hydrogens (tertiary/aromatic N) is 2. The van der Waals surface area contributed by atoms with Crippen LogP contribution < -0.4 is 10.9 Å². The van der Waals surface area contributed by atoms with Crippen molar-refractivity contribution in [2.24, 2.45) is 0 Å². The summed E-state index contributed by atoms with van der Waals surface area (Å²) in [5, 5.41) is 2.92. The molecule has 0 aliphatic rings. The number of nitrogens with one attached hydrogen (secondary N) is 1. The van der Waals surface area contributed by atoms with Crippen LogP contribution in [0.5, 0.6) is 0 Å². The molecule has 0 atom stereocenters. The first-order chi connectivity index (χ1) is 6.79. The fourth-order valence-electron chi connectivity index (χ4n) is 1.09. The summed E-state index contributed by atoms with van der Waals surface area (Å²) < 4.78 is 6.46. The lowest BCUT2D eigenvalue weighted by Gasteiger charge is -2.06. The Labute approximate surface area is 82.7 Å². The summed E-state index contributed by atoms with van der Waals surface area (Å²) in [6.45, 7) is 3.72. The van der Waals surface area contributed by atoms with Crippen LogP contribution in [0.3, 0.4) is 0 Å². The zero-order chi connectivity index (χ0) is 10.4. The summed E-state index contributed by atoms with van der Waals surface area (Å²) in [5.74, 6) is 0.381. The van der Waals surface area contributed by atoms with Gasteiger partial charge in [0, 0.05) is 32.6 Å². The third kappa shape index (κ3) is 2.56. The van der Waals surface area contributed by atoms with Crippen molar-refractivity contribution in [2.75, 3.05) is 25.6 Å². The minimum atomic E-state index is -0.0916. The third-order valence-corrected chi connectivity index (χ3v) is 1.85. The van der Waals surface area contributed by atoms with Crippen molar-refractivity contribution >= 4 is 5.82 Å². The summed E-state index contributed by atoms with van der Waals surface area (Å²) in [5.41, 5.74) is -0.0916. The Morgan fingerprint density at radius 3 is 3.07 bits per heavy atom. The van der Waals surface area contributed by atoms with E-state index in [0.29, 0.717) is 25.5 Å². The zero-order valence-corrected chi connectivity index (χ0v) is 8.49. The van der Waals surface area contributed by atoms with Gasteiger partial charge in [0.2, 0.25) is 0 Å². The van der Waals surface area contributed by atoms with Gasteiger partial charge < -0.3 is 14.6 Å². The highest BCUT2D eigenvalue weighted by molar-refractivity contribution is 5.30. The van der Waals surface area contributed by atoms with Crippen molar-refractivity contribution in [3.8, 4) is 0 Å². The van der Waals surface area contributed by atoms with Gasteiger partial charge >= 0.3 is 0 Å². The first-order valence-corrected chi connectivity index (χ1v) is 4.57. The molecule has 1 aromatic rings. The smallest absolute Gasteiger partial charge is 0.293 e. The summed E-state index contributed by atoms with van der Waals surface area (Å²) in [7, 11) is 1.62. The molecule has 0 saturated heterocycles. The first kappa shape index (κ1) is 10.7. The van der Waals surface area contributed by atoms with Crippen LogP contribution in [0.4, 0.5) is 5.82 Å². The summed E-state index contributed by atoms with van der Waals surface area (Å²) in [4.78, 5) is 15.6. The molecule has 14 heavy (non-hydrogen) atoms. The predicted molar refractivity (Wildman–Crippen MR) is 54.5 cm³/mol. The molecular formula is C9H15N3O2. The van der Waals surface area contributed by atoms with Crippen molar-refractivity contribution in [3.63, 3.8) is 0 Å². The molecule has 1 heterocycles. The van der Waals surface area contributed by atoms with E-state index in [4.69, 9.17) is 4.74 Å². The first-order valence-electron chi connectivity index (χ1n) is 4.57. The third-order valence-electron chi connectivity index (χ3n) is 1.85. The number of hydrogen-bond donors (Lipinski definition) is 1. The van der Waals surface area contributed by atoms with Gasteiger partial charge in [0.15, 0.2) is 5.82 Å². The number of aromatic nitrogens is 2. The van der Waals surface area contributed by atoms with Gasteiger partial charge in [0.05, 0.1) is 6.61 Å². The monoisotopic (exact) mass is 197 g/mol. The van der Waals surface area contributed by atoms with E-state index in [1.807, 2.05) is 6.92 Å². The highest BCUT2D eigenvalue weighted by Gasteiger charge is 2.01. The molecule has 0 spiro atoms. The second-order valence-electron chi connectivity index (χ2n) is 2.79. The Kier molecular flexibility index (Phi) is 4.12. The molecule has 0 aliphatic heterocycles. The van der Waals surface area contributed by atoms with Crippen LogP contribution in [0.15, 0.2) is 17.2 Å². The molecule has 0 bridgehead atoms. The SMILES string of the molecule is CCn1ccnc(NCCOC)c1=O. The van der Waals surface area contributed by atoms with Gasteiger partial charge in [-0.2, -0.15) is 0 Å². The summed E-state index contributed by atoms with van der Waals surface area (Å²) >= 11 is 0. The van der Waals surface area contributed by atoms with Gasteiger partial charge in [-0.05, 0) is 6.92 Å². The Hall–Kier alpha value is -1.36. The highest BCUT2D eigenvalue weighted by Crippen LogP contribution is 1.91. The summed E-state index contributed by atoms with van der Waals surface area (Å²) in [6.07, 6.45) is 3.28. The van der Waals surface area contributed by atoms with E-state index in [1.165, 1.54) is 0 Å². The van der Waals surface area contributed by atoms with E-state index in [0.717, 1.165) is 0 Å². The predicted octanol–water partition coefficient (Wildman–Crippen LogP) is 0.321. The zero-order valence-electron chi connectivity index (χ0n) is 8.49. The molecular weight excluding hydrogens is 182 g/mol. The number of hydrogen-bond acceptors (Lipinski definition) is 4. The van der Waals surface area contributed by atoms with E-state index in [2.05, 4.69) is 10.3 Å². The van der Waals surface area contributed by atoms with Gasteiger partial charge in [0.1, 0.15) is 0 Å². The largest absolute Gasteiger partial charge is 0.383 e. The van der Waals surface area contributed by atoms with Crippen molar-refractivity contribution < 1.29 is 4.74 Å². The van der Waals surface area contributed by atoms with E-state index >= 15 is 0 Å². The molecule has 1 N–H and O–H groups in total. The molecule has 0 radical (unpaired) electrons. The topological polar surface area (TPSA) is 56.1 Å². The molecule has 0 amide bonds. The van der Waals surface area contributed by atoms with Gasteiger partial charge in [-0.1, -0.05) is 0 Å². The lowest BCUT2D eigenvalue weighted by atomic mass is 10.5. The normalized spacial score (nSPS) is 10.1. The van der Waals surface area contributed by atoms with Gasteiger partial charge in [-0.3, -0.25) is 4.79 Å². The molecule has 0 fully saturated rings. The van der Waals surface area contributed by atoms with Gasteiger partial charge in [0.25, 0.3) is 5.56 Å². The van der Waals surface area contributed by atoms with Crippen molar-refractivity contribution in [1.82, 2.24) is 9.55 Å². The second-order valence-corrected chi connectivity index (χ2v) is 2.79. The lowest BCUT2D eigenvalue weighted by Crippen LogP contribution is -2.24. The molecule has 78 valence electrons. The van der Waals surface area contributed by atoms with Crippen molar-refractivity contribution in [3.05, 3.63) is 22.7 Å². The molecule has 5 nitrogen and oxygen atoms in total. The molecule has 0 aromatic carbocycles. The number of methoxy groups -OCH3 is 1. The van der Waals surface area contributed by atoms with E-state index in [-0.39, 0.29) is 5.56 Å². The average Bonchev–Trinajstić information content (AvgIpc) is 2.21. The standard InChI is InChI=1S/C9H15N3O2/c1-3-12-6-4-10-8(9(12)13)11-5-7-14-2/h4,6H,3,5,7H2,1-2H3,(H,10,11). The quantitative estimate of drug-likeness (QED) is 0.691. The minimum absolute atomic E-state index is 0.0916. The van der Waals surface area contributed by atoms with E-state index in [9.17, 15) is 4.79 Å². The lowest BCUT2D eigenvalue weighted by molar-refractivity contribution is 0.210. The van der Waals surface area contributed by atoms with Crippen molar-refractivity contribution in [1.29, 1.82) is 0 Å². The number of anilines is 1. The van der Waals surface area contributed by atoms with Crippen LogP contribution in [0, 0.1) is 0 Å². The molecule has 1 aromatic heterocycles.